The molecular formula is C64H44N2. The molecule has 0 spiro atoms. The van der Waals surface area contributed by atoms with Crippen LogP contribution in [0, 0.1) is 0 Å². The molecule has 12 rings (SSSR count). The molecule has 0 fully saturated rings. The van der Waals surface area contributed by atoms with E-state index in [1.165, 1.54) is 65.7 Å². The predicted octanol–water partition coefficient (Wildman–Crippen LogP) is 18.2. The van der Waals surface area contributed by atoms with Crippen molar-refractivity contribution in [2.24, 2.45) is 0 Å². The first kappa shape index (κ1) is 38.9. The fourth-order valence-corrected chi connectivity index (χ4v) is 9.70. The molecule has 12 aromatic rings. The predicted molar refractivity (Wildman–Crippen MR) is 281 cm³/mol. The van der Waals surface area contributed by atoms with Crippen molar-refractivity contribution in [3.63, 3.8) is 0 Å². The Morgan fingerprint density at radius 1 is 0.182 bits per heavy atom. The standard InChI is InChI=1S/C64H44N2/c1-4-11-45(12-5-1)48-21-33-56(34-22-48)65(57-35-23-49(24-36-57)46-13-6-2-7-14-46)58-37-25-51(26-38-58)52-29-41-60(42-30-52)66(59-39-27-50(28-40-59)47-15-8-3-9-16-47)62-44-32-55-20-19-53-17-10-18-54-31-43-61(62)64(55)63(53)54/h1-44H. The summed E-state index contributed by atoms with van der Waals surface area (Å²) in [5.74, 6) is 0. The molecule has 0 heterocycles. The average molecular weight is 841 g/mol. The molecule has 66 heavy (non-hydrogen) atoms. The second-order valence-electron chi connectivity index (χ2n) is 16.9. The Morgan fingerprint density at radius 3 is 0.833 bits per heavy atom. The molecule has 0 radical (unpaired) electrons. The number of hydrogen-bond acceptors (Lipinski definition) is 2. The molecule has 0 aliphatic carbocycles. The summed E-state index contributed by atoms with van der Waals surface area (Å²) in [6.45, 7) is 0. The van der Waals surface area contributed by atoms with Crippen molar-refractivity contribution in [3.8, 4) is 44.5 Å². The van der Waals surface area contributed by atoms with Gasteiger partial charge in [-0.1, -0.05) is 200 Å². The number of rotatable bonds is 10. The summed E-state index contributed by atoms with van der Waals surface area (Å²) < 4.78 is 0. The monoisotopic (exact) mass is 840 g/mol. The number of benzene rings is 12. The van der Waals surface area contributed by atoms with E-state index in [1.54, 1.807) is 0 Å². The maximum Gasteiger partial charge on any atom is 0.0540 e. The molecule has 0 unspecified atom stereocenters. The van der Waals surface area contributed by atoms with Crippen molar-refractivity contribution < 1.29 is 0 Å². The number of nitrogens with zero attached hydrogens (tertiary/aromatic N) is 2. The van der Waals surface area contributed by atoms with Gasteiger partial charge in [0.2, 0.25) is 0 Å². The fraction of sp³-hybridized carbons (Fsp3) is 0. The lowest BCUT2D eigenvalue weighted by molar-refractivity contribution is 1.28. The van der Waals surface area contributed by atoms with Crippen LogP contribution in [-0.2, 0) is 0 Å². The first-order chi connectivity index (χ1) is 32.7. The summed E-state index contributed by atoms with van der Waals surface area (Å²) in [6.07, 6.45) is 0. The lowest BCUT2D eigenvalue weighted by Gasteiger charge is -2.28. The highest BCUT2D eigenvalue weighted by Gasteiger charge is 2.20. The van der Waals surface area contributed by atoms with E-state index in [1.807, 2.05) is 0 Å². The molecule has 0 N–H and O–H groups in total. The Bertz CT molecular complexity index is 3470. The summed E-state index contributed by atoms with van der Waals surface area (Å²) in [5.41, 5.74) is 16.2. The van der Waals surface area contributed by atoms with Crippen molar-refractivity contribution in [3.05, 3.63) is 267 Å². The molecule has 2 nitrogen and oxygen atoms in total. The summed E-state index contributed by atoms with van der Waals surface area (Å²) in [6, 6.07) is 96.8. The van der Waals surface area contributed by atoms with E-state index in [-0.39, 0.29) is 0 Å². The van der Waals surface area contributed by atoms with E-state index in [0.717, 1.165) is 45.3 Å². The maximum absolute atomic E-state index is 2.41. The second-order valence-corrected chi connectivity index (χ2v) is 16.9. The lowest BCUT2D eigenvalue weighted by Crippen LogP contribution is -2.10. The smallest absolute Gasteiger partial charge is 0.0540 e. The van der Waals surface area contributed by atoms with Crippen molar-refractivity contribution in [2.45, 2.75) is 0 Å². The van der Waals surface area contributed by atoms with Crippen LogP contribution in [0.2, 0.25) is 0 Å². The van der Waals surface area contributed by atoms with Crippen LogP contribution in [0.1, 0.15) is 0 Å². The van der Waals surface area contributed by atoms with Gasteiger partial charge in [0.05, 0.1) is 5.69 Å². The van der Waals surface area contributed by atoms with E-state index in [0.29, 0.717) is 0 Å². The molecule has 0 amide bonds. The molecule has 0 aliphatic heterocycles. The first-order valence-electron chi connectivity index (χ1n) is 22.7. The van der Waals surface area contributed by atoms with Crippen LogP contribution >= 0.6 is 0 Å². The van der Waals surface area contributed by atoms with E-state index >= 15 is 0 Å². The molecule has 310 valence electrons. The van der Waals surface area contributed by atoms with Gasteiger partial charge in [0.15, 0.2) is 0 Å². The van der Waals surface area contributed by atoms with Gasteiger partial charge >= 0.3 is 0 Å². The van der Waals surface area contributed by atoms with Crippen LogP contribution in [0.4, 0.5) is 34.1 Å². The maximum atomic E-state index is 2.41. The van der Waals surface area contributed by atoms with Gasteiger partial charge in [0.1, 0.15) is 0 Å². The minimum absolute atomic E-state index is 1.09. The van der Waals surface area contributed by atoms with Crippen molar-refractivity contribution in [1.82, 2.24) is 0 Å². The Hall–Kier alpha value is -8.72. The minimum atomic E-state index is 1.09. The molecule has 12 aromatic carbocycles. The summed E-state index contributed by atoms with van der Waals surface area (Å²) >= 11 is 0. The molecule has 0 saturated heterocycles. The minimum Gasteiger partial charge on any atom is -0.311 e. The van der Waals surface area contributed by atoms with Crippen LogP contribution in [0.25, 0.3) is 76.8 Å². The van der Waals surface area contributed by atoms with Gasteiger partial charge < -0.3 is 9.80 Å². The Labute approximate surface area is 385 Å². The number of anilines is 6. The summed E-state index contributed by atoms with van der Waals surface area (Å²) in [5, 5.41) is 7.64. The van der Waals surface area contributed by atoms with Crippen LogP contribution in [-0.4, -0.2) is 0 Å². The van der Waals surface area contributed by atoms with Gasteiger partial charge in [0.25, 0.3) is 0 Å². The lowest BCUT2D eigenvalue weighted by atomic mass is 9.93. The largest absolute Gasteiger partial charge is 0.311 e. The van der Waals surface area contributed by atoms with Gasteiger partial charge in [0, 0.05) is 33.8 Å². The van der Waals surface area contributed by atoms with Crippen molar-refractivity contribution in [1.29, 1.82) is 0 Å². The van der Waals surface area contributed by atoms with Gasteiger partial charge in [-0.25, -0.2) is 0 Å². The molecule has 0 aliphatic rings. The zero-order valence-electron chi connectivity index (χ0n) is 36.3. The topological polar surface area (TPSA) is 6.48 Å². The molecule has 0 atom stereocenters. The van der Waals surface area contributed by atoms with Gasteiger partial charge in [-0.05, 0) is 138 Å². The molecule has 0 saturated carbocycles. The highest BCUT2D eigenvalue weighted by molar-refractivity contribution is 6.25. The third-order valence-corrected chi connectivity index (χ3v) is 13.0. The molecule has 0 bridgehead atoms. The zero-order chi connectivity index (χ0) is 43.8. The fourth-order valence-electron chi connectivity index (χ4n) is 9.70. The van der Waals surface area contributed by atoms with Crippen LogP contribution < -0.4 is 9.80 Å². The molecular weight excluding hydrogens is 797 g/mol. The summed E-state index contributed by atoms with van der Waals surface area (Å²) in [4.78, 5) is 4.76. The normalized spacial score (nSPS) is 11.3. The Kier molecular flexibility index (Phi) is 9.89. The van der Waals surface area contributed by atoms with Crippen LogP contribution in [0.5, 0.6) is 0 Å². The van der Waals surface area contributed by atoms with Crippen molar-refractivity contribution >= 4 is 66.4 Å². The number of hydrogen-bond donors (Lipinski definition) is 0. The van der Waals surface area contributed by atoms with Crippen molar-refractivity contribution in [2.75, 3.05) is 9.80 Å². The second kappa shape index (κ2) is 16.8. The van der Waals surface area contributed by atoms with Gasteiger partial charge in [-0.15, -0.1) is 0 Å². The Balaban J connectivity index is 0.906. The van der Waals surface area contributed by atoms with Crippen LogP contribution in [0.3, 0.4) is 0 Å². The highest BCUT2D eigenvalue weighted by atomic mass is 15.1. The third-order valence-electron chi connectivity index (χ3n) is 13.0. The highest BCUT2D eigenvalue weighted by Crippen LogP contribution is 2.45. The zero-order valence-corrected chi connectivity index (χ0v) is 36.3. The SMILES string of the molecule is c1ccc(-c2ccc(N(c3ccc(-c4ccccc4)cc3)c3ccc(-c4ccc(N(c5ccc(-c6ccccc6)cc5)c5ccc6ccc7cccc8ccc5c6c78)cc4)cc3)cc2)cc1. The molecule has 2 heteroatoms. The average Bonchev–Trinajstić information content (AvgIpc) is 3.40. The quantitative estimate of drug-likeness (QED) is 0.127. The van der Waals surface area contributed by atoms with Crippen LogP contribution in [0.15, 0.2) is 267 Å². The molecule has 0 aromatic heterocycles. The van der Waals surface area contributed by atoms with Gasteiger partial charge in [-0.3, -0.25) is 0 Å². The summed E-state index contributed by atoms with van der Waals surface area (Å²) in [7, 11) is 0. The Morgan fingerprint density at radius 2 is 0.470 bits per heavy atom. The van der Waals surface area contributed by atoms with E-state index in [2.05, 4.69) is 277 Å². The first-order valence-corrected chi connectivity index (χ1v) is 22.7. The third kappa shape index (κ3) is 7.21. The van der Waals surface area contributed by atoms with E-state index in [9.17, 15) is 0 Å². The van der Waals surface area contributed by atoms with E-state index < -0.39 is 0 Å². The van der Waals surface area contributed by atoms with Gasteiger partial charge in [-0.2, -0.15) is 0 Å². The van der Waals surface area contributed by atoms with E-state index in [4.69, 9.17) is 0 Å².